The van der Waals surface area contributed by atoms with E-state index in [1.54, 1.807) is 0 Å². The maximum absolute atomic E-state index is 11.0. The number of alkyl halides is 1. The Balaban J connectivity index is 2.49. The first-order chi connectivity index (χ1) is 6.63. The summed E-state index contributed by atoms with van der Waals surface area (Å²) in [6.45, 7) is 2.13. The van der Waals surface area contributed by atoms with Gasteiger partial charge in [0.2, 0.25) is 0 Å². The maximum atomic E-state index is 11.0. The minimum Gasteiger partial charge on any atom is -0.462 e. The summed E-state index contributed by atoms with van der Waals surface area (Å²) < 4.78 is 10.0. The number of hydrogen-bond acceptors (Lipinski definition) is 4. The van der Waals surface area contributed by atoms with Gasteiger partial charge in [-0.1, -0.05) is 22.9 Å². The Bertz CT molecular complexity index is 229. The van der Waals surface area contributed by atoms with Gasteiger partial charge >= 0.3 is 11.9 Å². The van der Waals surface area contributed by atoms with Crippen LogP contribution < -0.4 is 0 Å². The number of carbonyl (C=O) groups excluding carboxylic acids is 2. The van der Waals surface area contributed by atoms with Crippen LogP contribution in [0, 0.1) is 5.92 Å². The van der Waals surface area contributed by atoms with Crippen molar-refractivity contribution in [3.63, 3.8) is 0 Å². The van der Waals surface area contributed by atoms with Crippen LogP contribution in [0.2, 0.25) is 0 Å². The molecule has 0 saturated carbocycles. The van der Waals surface area contributed by atoms with E-state index < -0.39 is 0 Å². The molecule has 0 aromatic carbocycles. The van der Waals surface area contributed by atoms with Crippen molar-refractivity contribution in [1.82, 2.24) is 0 Å². The fourth-order valence-electron chi connectivity index (χ4n) is 1.29. The van der Waals surface area contributed by atoms with E-state index >= 15 is 0 Å². The second-order valence-electron chi connectivity index (χ2n) is 3.36. The van der Waals surface area contributed by atoms with Gasteiger partial charge in [-0.25, -0.2) is 0 Å². The highest BCUT2D eigenvalue weighted by molar-refractivity contribution is 9.09. The SMILES string of the molecule is CC1CCC(=O)OCC1OC(=O)CBr. The summed E-state index contributed by atoms with van der Waals surface area (Å²) >= 11 is 3.01. The Labute approximate surface area is 91.1 Å². The molecule has 14 heavy (non-hydrogen) atoms. The van der Waals surface area contributed by atoms with Gasteiger partial charge in [-0.15, -0.1) is 0 Å². The smallest absolute Gasteiger partial charge is 0.316 e. The second-order valence-corrected chi connectivity index (χ2v) is 3.92. The van der Waals surface area contributed by atoms with Crippen LogP contribution in [-0.2, 0) is 19.1 Å². The monoisotopic (exact) mass is 264 g/mol. The van der Waals surface area contributed by atoms with Gasteiger partial charge in [-0.05, 0) is 12.3 Å². The van der Waals surface area contributed by atoms with E-state index in [0.29, 0.717) is 12.8 Å². The summed E-state index contributed by atoms with van der Waals surface area (Å²) in [4.78, 5) is 22.0. The molecule has 2 unspecified atom stereocenters. The quantitative estimate of drug-likeness (QED) is 0.557. The minimum atomic E-state index is -0.320. The Morgan fingerprint density at radius 3 is 3.07 bits per heavy atom. The van der Waals surface area contributed by atoms with Gasteiger partial charge in [0, 0.05) is 6.42 Å². The average Bonchev–Trinajstić information content (AvgIpc) is 2.33. The molecule has 0 radical (unpaired) electrons. The molecule has 4 nitrogen and oxygen atoms in total. The molecule has 1 fully saturated rings. The van der Waals surface area contributed by atoms with E-state index in [1.807, 2.05) is 6.92 Å². The molecule has 0 bridgehead atoms. The lowest BCUT2D eigenvalue weighted by Crippen LogP contribution is -2.29. The summed E-state index contributed by atoms with van der Waals surface area (Å²) in [6.07, 6.45) is 0.814. The van der Waals surface area contributed by atoms with Crippen molar-refractivity contribution in [1.29, 1.82) is 0 Å². The first kappa shape index (κ1) is 11.5. The number of carbonyl (C=O) groups is 2. The molecule has 5 heteroatoms. The highest BCUT2D eigenvalue weighted by Crippen LogP contribution is 2.19. The Morgan fingerprint density at radius 1 is 1.71 bits per heavy atom. The maximum Gasteiger partial charge on any atom is 0.316 e. The first-order valence-electron chi connectivity index (χ1n) is 4.54. The van der Waals surface area contributed by atoms with Crippen molar-refractivity contribution in [2.75, 3.05) is 11.9 Å². The fourth-order valence-corrected chi connectivity index (χ4v) is 1.43. The first-order valence-corrected chi connectivity index (χ1v) is 5.66. The molecule has 2 atom stereocenters. The lowest BCUT2D eigenvalue weighted by atomic mass is 10.0. The molecule has 0 aromatic heterocycles. The van der Waals surface area contributed by atoms with Crippen LogP contribution in [0.5, 0.6) is 0 Å². The van der Waals surface area contributed by atoms with Gasteiger partial charge in [0.25, 0.3) is 0 Å². The summed E-state index contributed by atoms with van der Waals surface area (Å²) in [7, 11) is 0. The van der Waals surface area contributed by atoms with Crippen molar-refractivity contribution >= 4 is 27.9 Å². The predicted octanol–water partition coefficient (Wildman–Crippen LogP) is 1.27. The Morgan fingerprint density at radius 2 is 2.43 bits per heavy atom. The van der Waals surface area contributed by atoms with Crippen molar-refractivity contribution in [3.8, 4) is 0 Å². The lowest BCUT2D eigenvalue weighted by molar-refractivity contribution is -0.156. The zero-order valence-electron chi connectivity index (χ0n) is 7.99. The average molecular weight is 265 g/mol. The van der Waals surface area contributed by atoms with E-state index in [-0.39, 0.29) is 35.9 Å². The molecular weight excluding hydrogens is 252 g/mol. The number of hydrogen-bond donors (Lipinski definition) is 0. The molecule has 1 heterocycles. The summed E-state index contributed by atoms with van der Waals surface area (Å²) in [5.41, 5.74) is 0. The number of esters is 2. The Kier molecular flexibility index (Phi) is 4.38. The Hall–Kier alpha value is -0.580. The zero-order valence-corrected chi connectivity index (χ0v) is 9.58. The molecule has 0 aliphatic carbocycles. The summed E-state index contributed by atoms with van der Waals surface area (Å²) in [5.74, 6) is -0.363. The van der Waals surface area contributed by atoms with Crippen molar-refractivity contribution in [2.24, 2.45) is 5.92 Å². The van der Waals surface area contributed by atoms with Crippen LogP contribution in [0.25, 0.3) is 0 Å². The van der Waals surface area contributed by atoms with Gasteiger partial charge < -0.3 is 9.47 Å². The van der Waals surface area contributed by atoms with Crippen LogP contribution in [0.1, 0.15) is 19.8 Å². The topological polar surface area (TPSA) is 52.6 Å². The lowest BCUT2D eigenvalue weighted by Gasteiger charge is -2.19. The zero-order chi connectivity index (χ0) is 10.6. The number of halogens is 1. The summed E-state index contributed by atoms with van der Waals surface area (Å²) in [6, 6.07) is 0. The third-order valence-corrected chi connectivity index (χ3v) is 2.70. The molecule has 1 aliphatic rings. The van der Waals surface area contributed by atoms with Gasteiger partial charge in [0.15, 0.2) is 0 Å². The van der Waals surface area contributed by atoms with E-state index in [9.17, 15) is 9.59 Å². The standard InChI is InChI=1S/C9H13BrO4/c1-6-2-3-8(11)13-5-7(6)14-9(12)4-10/h6-7H,2-5H2,1H3. The molecule has 0 spiro atoms. The van der Waals surface area contributed by atoms with Crippen LogP contribution >= 0.6 is 15.9 Å². The molecule has 1 rings (SSSR count). The second kappa shape index (κ2) is 5.34. The normalized spacial score (nSPS) is 27.7. The van der Waals surface area contributed by atoms with Gasteiger partial charge in [0.05, 0.1) is 0 Å². The third-order valence-electron chi connectivity index (χ3n) is 2.24. The van der Waals surface area contributed by atoms with Gasteiger partial charge in [-0.2, -0.15) is 0 Å². The molecular formula is C9H13BrO4. The van der Waals surface area contributed by atoms with E-state index in [0.717, 1.165) is 0 Å². The summed E-state index contributed by atoms with van der Waals surface area (Å²) in [5, 5.41) is 0.171. The largest absolute Gasteiger partial charge is 0.462 e. The molecule has 80 valence electrons. The number of cyclic esters (lactones) is 1. The van der Waals surface area contributed by atoms with Gasteiger partial charge in [0.1, 0.15) is 18.0 Å². The van der Waals surface area contributed by atoms with Crippen molar-refractivity contribution in [2.45, 2.75) is 25.9 Å². The van der Waals surface area contributed by atoms with E-state index in [4.69, 9.17) is 9.47 Å². The van der Waals surface area contributed by atoms with Crippen LogP contribution in [0.3, 0.4) is 0 Å². The van der Waals surface area contributed by atoms with Crippen LogP contribution in [0.4, 0.5) is 0 Å². The van der Waals surface area contributed by atoms with E-state index in [1.165, 1.54) is 0 Å². The third kappa shape index (κ3) is 3.29. The highest BCUT2D eigenvalue weighted by Gasteiger charge is 2.26. The van der Waals surface area contributed by atoms with Crippen molar-refractivity contribution in [3.05, 3.63) is 0 Å². The molecule has 1 aliphatic heterocycles. The number of ether oxygens (including phenoxy) is 2. The highest BCUT2D eigenvalue weighted by atomic mass is 79.9. The predicted molar refractivity (Wildman–Crippen MR) is 53.0 cm³/mol. The van der Waals surface area contributed by atoms with Crippen LogP contribution in [-0.4, -0.2) is 30.0 Å². The molecule has 1 saturated heterocycles. The molecule has 0 aromatic rings. The van der Waals surface area contributed by atoms with Crippen LogP contribution in [0.15, 0.2) is 0 Å². The van der Waals surface area contributed by atoms with E-state index in [2.05, 4.69) is 15.9 Å². The molecule has 0 amide bonds. The fraction of sp³-hybridized carbons (Fsp3) is 0.778. The number of rotatable bonds is 2. The minimum absolute atomic E-state index is 0.171. The molecule has 0 N–H and O–H groups in total. The van der Waals surface area contributed by atoms with Gasteiger partial charge in [-0.3, -0.25) is 9.59 Å². The van der Waals surface area contributed by atoms with Crippen molar-refractivity contribution < 1.29 is 19.1 Å².